The number of alkyl halides is 6. The van der Waals surface area contributed by atoms with Gasteiger partial charge in [0.1, 0.15) is 17.1 Å². The van der Waals surface area contributed by atoms with E-state index in [1.165, 1.54) is 18.5 Å². The van der Waals surface area contributed by atoms with Gasteiger partial charge in [-0.2, -0.15) is 26.3 Å². The van der Waals surface area contributed by atoms with Crippen LogP contribution in [0.4, 0.5) is 26.3 Å². The standard InChI is InChI=1S/C32H33F6N8P.Ru/c1-29(2,3)18-12-14-39-20(16-18)25-41-27(31(33,34)35)43-45(25)22-10-9-11-23(47(7)8)24(22)46-26(42-28(44-46)32(36,37)38)21-17-19(13-15-40-21)30(4,5)6;/h9-17H,1-8H3;. The van der Waals surface area contributed by atoms with E-state index in [-0.39, 0.29) is 64.7 Å². The average Bonchev–Trinajstić information content (AvgIpc) is 3.62. The molecule has 0 atom stereocenters. The summed E-state index contributed by atoms with van der Waals surface area (Å²) in [5.41, 5.74) is 1.09. The average molecular weight is 776 g/mol. The zero-order chi connectivity index (χ0) is 34.7. The van der Waals surface area contributed by atoms with Gasteiger partial charge in [0.05, 0.1) is 5.69 Å². The van der Waals surface area contributed by atoms with Gasteiger partial charge < -0.3 is 0 Å². The molecule has 0 N–H and O–H groups in total. The molecular formula is C32H33F6N8PRu. The monoisotopic (exact) mass is 776 g/mol. The number of hydrogen-bond donors (Lipinski definition) is 0. The van der Waals surface area contributed by atoms with Crippen molar-refractivity contribution in [2.24, 2.45) is 0 Å². The minimum Gasteiger partial charge on any atom is -0.253 e. The molecule has 0 radical (unpaired) electrons. The van der Waals surface area contributed by atoms with E-state index in [0.29, 0.717) is 5.30 Å². The van der Waals surface area contributed by atoms with Crippen LogP contribution in [0.1, 0.15) is 64.3 Å². The molecule has 4 heterocycles. The Bertz CT molecular complexity index is 1930. The summed E-state index contributed by atoms with van der Waals surface area (Å²) < 4.78 is 87.0. The van der Waals surface area contributed by atoms with Gasteiger partial charge >= 0.3 is 12.4 Å². The fourth-order valence-corrected chi connectivity index (χ4v) is 5.84. The van der Waals surface area contributed by atoms with E-state index in [1.807, 2.05) is 54.9 Å². The summed E-state index contributed by atoms with van der Waals surface area (Å²) in [7, 11) is -1.06. The van der Waals surface area contributed by atoms with Gasteiger partial charge in [-0.15, -0.1) is 10.2 Å². The summed E-state index contributed by atoms with van der Waals surface area (Å²) in [6, 6.07) is 11.5. The second kappa shape index (κ2) is 13.0. The van der Waals surface area contributed by atoms with Crippen LogP contribution < -0.4 is 5.30 Å². The molecule has 5 aromatic rings. The first kappa shape index (κ1) is 37.3. The summed E-state index contributed by atoms with van der Waals surface area (Å²) in [5.74, 6) is -3.35. The van der Waals surface area contributed by atoms with Crippen molar-refractivity contribution in [1.29, 1.82) is 0 Å². The van der Waals surface area contributed by atoms with Crippen LogP contribution in [-0.4, -0.2) is 52.8 Å². The number of rotatable bonds is 5. The summed E-state index contributed by atoms with van der Waals surface area (Å²) in [5, 5.41) is 8.30. The van der Waals surface area contributed by atoms with Gasteiger partial charge in [0, 0.05) is 37.2 Å². The predicted molar refractivity (Wildman–Crippen MR) is 169 cm³/mol. The molecule has 0 amide bonds. The van der Waals surface area contributed by atoms with Gasteiger partial charge in [0.2, 0.25) is 0 Å². The van der Waals surface area contributed by atoms with Crippen LogP contribution in [0.25, 0.3) is 34.4 Å². The molecule has 0 fully saturated rings. The molecule has 8 nitrogen and oxygen atoms in total. The maximum atomic E-state index is 14.2. The molecule has 0 saturated carbocycles. The number of pyridine rings is 2. The van der Waals surface area contributed by atoms with Crippen LogP contribution in [0.5, 0.6) is 0 Å². The van der Waals surface area contributed by atoms with Gasteiger partial charge in [-0.3, -0.25) is 9.97 Å². The van der Waals surface area contributed by atoms with E-state index < -0.39 is 31.9 Å². The summed E-state index contributed by atoms with van der Waals surface area (Å²) >= 11 is 0. The first-order chi connectivity index (χ1) is 21.7. The second-order valence-electron chi connectivity index (χ2n) is 13.2. The van der Waals surface area contributed by atoms with Crippen molar-refractivity contribution in [2.45, 2.75) is 64.7 Å². The third-order valence-corrected chi connectivity index (χ3v) is 8.67. The first-order valence-corrected chi connectivity index (χ1v) is 16.7. The van der Waals surface area contributed by atoms with E-state index in [2.05, 4.69) is 30.1 Å². The SMILES string of the molecule is CP(C)c1cccc(-n2nc(C(F)(F)F)nc2-c2cc(C(C)(C)C)ccn2)c1-n1nc(C(F)(F)F)nc1-c1cc(C(C)(C)C)ccn1.[Ru]. The zero-order valence-corrected chi connectivity index (χ0v) is 30.0. The molecule has 0 bridgehead atoms. The van der Waals surface area contributed by atoms with Crippen molar-refractivity contribution < 1.29 is 45.8 Å². The quantitative estimate of drug-likeness (QED) is 0.102. The maximum absolute atomic E-state index is 14.2. The van der Waals surface area contributed by atoms with Crippen LogP contribution in [0, 0.1) is 0 Å². The van der Waals surface area contributed by atoms with Crippen molar-refractivity contribution in [1.82, 2.24) is 39.5 Å². The molecule has 0 unspecified atom stereocenters. The first-order valence-electron chi connectivity index (χ1n) is 14.5. The summed E-state index contributed by atoms with van der Waals surface area (Å²) in [4.78, 5) is 16.4. The van der Waals surface area contributed by atoms with Crippen LogP contribution in [0.2, 0.25) is 0 Å². The van der Waals surface area contributed by atoms with Crippen LogP contribution >= 0.6 is 7.92 Å². The van der Waals surface area contributed by atoms with Crippen molar-refractivity contribution in [3.8, 4) is 34.4 Å². The Morgan fingerprint density at radius 2 is 1.06 bits per heavy atom. The fourth-order valence-electron chi connectivity index (χ4n) is 4.83. The van der Waals surface area contributed by atoms with Crippen molar-refractivity contribution in [3.63, 3.8) is 0 Å². The van der Waals surface area contributed by atoms with Gasteiger partial charge in [-0.05, 0) is 65.6 Å². The molecule has 256 valence electrons. The number of nitrogens with zero attached hydrogens (tertiary/aromatic N) is 8. The second-order valence-corrected chi connectivity index (χ2v) is 15.5. The third kappa shape index (κ3) is 7.52. The molecule has 5 rings (SSSR count). The summed E-state index contributed by atoms with van der Waals surface area (Å²) in [6.45, 7) is 15.4. The predicted octanol–water partition coefficient (Wildman–Crippen LogP) is 7.97. The molecule has 4 aromatic heterocycles. The number of aromatic nitrogens is 8. The molecule has 0 spiro atoms. The van der Waals surface area contributed by atoms with E-state index in [4.69, 9.17) is 0 Å². The normalized spacial score (nSPS) is 12.8. The Hall–Kier alpha value is -3.57. The smallest absolute Gasteiger partial charge is 0.253 e. The van der Waals surface area contributed by atoms with Crippen LogP contribution in [-0.2, 0) is 42.7 Å². The van der Waals surface area contributed by atoms with Crippen LogP contribution in [0.15, 0.2) is 54.9 Å². The molecule has 0 saturated heterocycles. The van der Waals surface area contributed by atoms with E-state index in [0.717, 1.165) is 20.5 Å². The van der Waals surface area contributed by atoms with Gasteiger partial charge in [-0.25, -0.2) is 19.3 Å². The van der Waals surface area contributed by atoms with Crippen molar-refractivity contribution >= 4 is 13.2 Å². The summed E-state index contributed by atoms with van der Waals surface area (Å²) in [6.07, 6.45) is -6.92. The maximum Gasteiger partial charge on any atom is 0.453 e. The van der Waals surface area contributed by atoms with Gasteiger partial charge in [-0.1, -0.05) is 61.6 Å². The molecule has 16 heteroatoms. The Morgan fingerprint density at radius 1 is 0.625 bits per heavy atom. The topological polar surface area (TPSA) is 87.2 Å². The molecule has 48 heavy (non-hydrogen) atoms. The zero-order valence-electron chi connectivity index (χ0n) is 27.3. The van der Waals surface area contributed by atoms with Crippen molar-refractivity contribution in [3.05, 3.63) is 77.6 Å². The minimum absolute atomic E-state index is 0. The number of para-hydroxylation sites is 1. The largest absolute Gasteiger partial charge is 0.453 e. The fraction of sp³-hybridized carbons (Fsp3) is 0.375. The van der Waals surface area contributed by atoms with Gasteiger partial charge in [0.15, 0.2) is 11.6 Å². The van der Waals surface area contributed by atoms with Gasteiger partial charge in [0.25, 0.3) is 11.6 Å². The third-order valence-electron chi connectivity index (χ3n) is 7.35. The number of halogens is 6. The van der Waals surface area contributed by atoms with Crippen LogP contribution in [0.3, 0.4) is 0 Å². The number of benzene rings is 1. The van der Waals surface area contributed by atoms with Crippen molar-refractivity contribution in [2.75, 3.05) is 13.3 Å². The minimum atomic E-state index is -4.93. The Labute approximate surface area is 288 Å². The molecular weight excluding hydrogens is 742 g/mol. The molecule has 0 aliphatic rings. The van der Waals surface area contributed by atoms with E-state index in [9.17, 15) is 26.3 Å². The molecule has 0 aliphatic heterocycles. The Kier molecular flexibility index (Phi) is 10.1. The molecule has 1 aromatic carbocycles. The Balaban J connectivity index is 0.00000520. The number of hydrogen-bond acceptors (Lipinski definition) is 6. The Morgan fingerprint density at radius 3 is 1.48 bits per heavy atom. The molecule has 0 aliphatic carbocycles. The van der Waals surface area contributed by atoms with E-state index in [1.54, 1.807) is 36.4 Å². The van der Waals surface area contributed by atoms with E-state index >= 15 is 0 Å².